The average molecular weight is 355 g/mol. The maximum absolute atomic E-state index is 12.2. The molecule has 136 valence electrons. The second-order valence-electron chi connectivity index (χ2n) is 6.49. The second kappa shape index (κ2) is 7.51. The number of rotatable bonds is 4. The number of hydrogen-bond acceptors (Lipinski definition) is 4. The van der Waals surface area contributed by atoms with E-state index < -0.39 is 5.91 Å². The van der Waals surface area contributed by atoms with Gasteiger partial charge in [-0.05, 0) is 31.0 Å². The topological polar surface area (TPSA) is 104 Å². The van der Waals surface area contributed by atoms with Gasteiger partial charge in [-0.25, -0.2) is 0 Å². The molecule has 7 nitrogen and oxygen atoms in total. The molecule has 0 radical (unpaired) electrons. The molecule has 0 saturated heterocycles. The smallest absolute Gasteiger partial charge is 0.295 e. The van der Waals surface area contributed by atoms with E-state index in [-0.39, 0.29) is 35.7 Å². The monoisotopic (exact) mass is 355 g/mol. The van der Waals surface area contributed by atoms with Crippen LogP contribution in [0.1, 0.15) is 42.5 Å². The van der Waals surface area contributed by atoms with Crippen LogP contribution >= 0.6 is 0 Å². The van der Waals surface area contributed by atoms with E-state index in [0.29, 0.717) is 10.8 Å². The van der Waals surface area contributed by atoms with Crippen LogP contribution in [0.25, 0.3) is 10.8 Å². The summed E-state index contributed by atoms with van der Waals surface area (Å²) in [5.74, 6) is -1.42. The van der Waals surface area contributed by atoms with Crippen molar-refractivity contribution in [3.05, 3.63) is 36.4 Å². The van der Waals surface area contributed by atoms with Crippen molar-refractivity contribution in [1.29, 1.82) is 0 Å². The highest BCUT2D eigenvalue weighted by Gasteiger charge is 2.21. The van der Waals surface area contributed by atoms with Gasteiger partial charge >= 0.3 is 0 Å². The van der Waals surface area contributed by atoms with Crippen LogP contribution in [0.15, 0.2) is 41.1 Å². The minimum atomic E-state index is -0.661. The van der Waals surface area contributed by atoms with E-state index in [1.165, 1.54) is 28.8 Å². The van der Waals surface area contributed by atoms with Crippen LogP contribution in [0.2, 0.25) is 0 Å². The second-order valence-corrected chi connectivity index (χ2v) is 6.49. The fourth-order valence-electron chi connectivity index (χ4n) is 3.33. The molecule has 3 rings (SSSR count). The number of fused-ring (bicyclic) bond motifs is 1. The van der Waals surface area contributed by atoms with Gasteiger partial charge in [-0.3, -0.25) is 14.2 Å². The lowest BCUT2D eigenvalue weighted by molar-refractivity contribution is -0.123. The summed E-state index contributed by atoms with van der Waals surface area (Å²) in [5.41, 5.74) is 0.184. The molecule has 2 aromatic rings. The molecule has 1 aliphatic rings. The molecule has 2 N–H and O–H groups in total. The molecule has 0 bridgehead atoms. The lowest BCUT2D eigenvalue weighted by Crippen LogP contribution is -2.15. The first kappa shape index (κ1) is 17.8. The third-order valence-electron chi connectivity index (χ3n) is 4.77. The summed E-state index contributed by atoms with van der Waals surface area (Å²) < 4.78 is 1.28. The predicted octanol–water partition coefficient (Wildman–Crippen LogP) is 3.94. The third-order valence-corrected chi connectivity index (χ3v) is 4.77. The van der Waals surface area contributed by atoms with Crippen LogP contribution in [0, 0.1) is 5.92 Å². The van der Waals surface area contributed by atoms with Gasteiger partial charge in [-0.15, -0.1) is 16.8 Å². The van der Waals surface area contributed by atoms with Crippen molar-refractivity contribution in [3.8, 4) is 11.8 Å². The molecule has 2 amide bonds. The van der Waals surface area contributed by atoms with Gasteiger partial charge in [0.05, 0.1) is 0 Å². The number of aromatic nitrogens is 1. The Balaban J connectivity index is 1.82. The van der Waals surface area contributed by atoms with Crippen LogP contribution < -0.4 is 0 Å². The summed E-state index contributed by atoms with van der Waals surface area (Å²) in [5, 5.41) is 28.2. The summed E-state index contributed by atoms with van der Waals surface area (Å²) in [6.45, 7) is 3.80. The molecular weight excluding hydrogens is 334 g/mol. The van der Waals surface area contributed by atoms with Crippen molar-refractivity contribution >= 4 is 22.6 Å². The fourth-order valence-corrected chi connectivity index (χ4v) is 3.33. The average Bonchev–Trinajstić information content (AvgIpc) is 2.91. The zero-order chi connectivity index (χ0) is 18.7. The van der Waals surface area contributed by atoms with Crippen molar-refractivity contribution < 1.29 is 19.8 Å². The Morgan fingerprint density at radius 2 is 1.81 bits per heavy atom. The number of benzene rings is 1. The summed E-state index contributed by atoms with van der Waals surface area (Å²) in [7, 11) is 0. The molecule has 0 atom stereocenters. The van der Waals surface area contributed by atoms with E-state index in [4.69, 9.17) is 0 Å². The van der Waals surface area contributed by atoms with Gasteiger partial charge in [0.25, 0.3) is 11.8 Å². The Kier molecular flexibility index (Phi) is 5.16. The Bertz CT molecular complexity index is 892. The molecule has 1 fully saturated rings. The Morgan fingerprint density at radius 1 is 1.12 bits per heavy atom. The highest BCUT2D eigenvalue weighted by molar-refractivity contribution is 6.02. The molecule has 1 heterocycles. The van der Waals surface area contributed by atoms with Gasteiger partial charge in [0, 0.05) is 28.8 Å². The molecular formula is C19H21N3O4. The lowest BCUT2D eigenvalue weighted by atomic mass is 9.89. The van der Waals surface area contributed by atoms with Gasteiger partial charge < -0.3 is 10.2 Å². The zero-order valence-electron chi connectivity index (χ0n) is 14.4. The molecule has 1 aliphatic carbocycles. The minimum Gasteiger partial charge on any atom is -0.494 e. The highest BCUT2D eigenvalue weighted by atomic mass is 16.3. The number of carbonyl (C=O) groups is 2. The molecule has 1 aromatic heterocycles. The molecule has 0 unspecified atom stereocenters. The number of hydrogen-bond donors (Lipinski definition) is 2. The first-order valence-electron chi connectivity index (χ1n) is 8.68. The van der Waals surface area contributed by atoms with Gasteiger partial charge in [-0.2, -0.15) is 0 Å². The third kappa shape index (κ3) is 3.37. The maximum Gasteiger partial charge on any atom is 0.295 e. The van der Waals surface area contributed by atoms with Crippen LogP contribution in [0.3, 0.4) is 0 Å². The van der Waals surface area contributed by atoms with E-state index in [2.05, 4.69) is 16.8 Å². The van der Waals surface area contributed by atoms with Crippen LogP contribution in [-0.2, 0) is 11.3 Å². The van der Waals surface area contributed by atoms with Crippen LogP contribution in [-0.4, -0.2) is 26.6 Å². The van der Waals surface area contributed by atoms with Gasteiger partial charge in [0.15, 0.2) is 0 Å². The van der Waals surface area contributed by atoms with Crippen LogP contribution in [0.5, 0.6) is 11.8 Å². The van der Waals surface area contributed by atoms with Crippen molar-refractivity contribution in [1.82, 2.24) is 4.57 Å². The number of allylic oxidation sites excluding steroid dienone is 1. The van der Waals surface area contributed by atoms with Gasteiger partial charge in [-0.1, -0.05) is 25.3 Å². The quantitative estimate of drug-likeness (QED) is 0.640. The summed E-state index contributed by atoms with van der Waals surface area (Å²) in [4.78, 5) is 24.2. The largest absolute Gasteiger partial charge is 0.494 e. The van der Waals surface area contributed by atoms with Gasteiger partial charge in [0.1, 0.15) is 0 Å². The predicted molar refractivity (Wildman–Crippen MR) is 96.2 cm³/mol. The van der Waals surface area contributed by atoms with Crippen molar-refractivity contribution in [2.75, 3.05) is 0 Å². The summed E-state index contributed by atoms with van der Waals surface area (Å²) in [6.07, 6.45) is 6.25. The lowest BCUT2D eigenvalue weighted by Gasteiger charge is -2.17. The molecule has 0 aliphatic heterocycles. The normalized spacial score (nSPS) is 15.5. The fraction of sp³-hybridized carbons (Fsp3) is 0.368. The van der Waals surface area contributed by atoms with E-state index in [1.54, 1.807) is 0 Å². The summed E-state index contributed by atoms with van der Waals surface area (Å²) in [6, 6.07) is 4.43. The van der Waals surface area contributed by atoms with Crippen molar-refractivity contribution in [2.24, 2.45) is 16.1 Å². The van der Waals surface area contributed by atoms with E-state index >= 15 is 0 Å². The minimum absolute atomic E-state index is 0.106. The van der Waals surface area contributed by atoms with E-state index in [1.807, 2.05) is 0 Å². The van der Waals surface area contributed by atoms with E-state index in [0.717, 1.165) is 32.1 Å². The first-order chi connectivity index (χ1) is 12.5. The first-order valence-corrected chi connectivity index (χ1v) is 8.68. The SMILES string of the molecule is C=CCn1c(O)c2ccc(C(=O)N=NC(=O)C3CCCCC3)cc2c1O. The molecule has 26 heavy (non-hydrogen) atoms. The highest BCUT2D eigenvalue weighted by Crippen LogP contribution is 2.36. The molecule has 1 saturated carbocycles. The van der Waals surface area contributed by atoms with Crippen LogP contribution in [0.4, 0.5) is 0 Å². The Hall–Kier alpha value is -2.96. The number of amides is 2. The molecule has 7 heteroatoms. The maximum atomic E-state index is 12.2. The van der Waals surface area contributed by atoms with Crippen molar-refractivity contribution in [2.45, 2.75) is 38.6 Å². The van der Waals surface area contributed by atoms with E-state index in [9.17, 15) is 19.8 Å². The van der Waals surface area contributed by atoms with Gasteiger partial charge in [0.2, 0.25) is 11.8 Å². The molecule has 1 aromatic carbocycles. The standard InChI is InChI=1S/C19H21N3O4/c1-2-10-22-18(25)14-9-8-13(11-15(14)19(22)26)17(24)21-20-16(23)12-6-4-3-5-7-12/h2,8-9,11-12,25-26H,1,3-7,10H2. The van der Waals surface area contributed by atoms with Crippen molar-refractivity contribution in [3.63, 3.8) is 0 Å². The zero-order valence-corrected chi connectivity index (χ0v) is 14.4. The number of azo groups is 1. The Morgan fingerprint density at radius 3 is 2.50 bits per heavy atom. The number of aromatic hydroxyl groups is 2. The Labute approximate surface area is 150 Å². The number of carbonyl (C=O) groups excluding carboxylic acids is 2. The summed E-state index contributed by atoms with van der Waals surface area (Å²) >= 11 is 0. The number of nitrogens with zero attached hydrogens (tertiary/aromatic N) is 3. The molecule has 0 spiro atoms.